The van der Waals surface area contributed by atoms with Gasteiger partial charge in [0, 0.05) is 11.0 Å². The summed E-state index contributed by atoms with van der Waals surface area (Å²) in [6.07, 6.45) is 3.31. The molecule has 0 amide bonds. The first-order valence-electron chi connectivity index (χ1n) is 5.17. The van der Waals surface area contributed by atoms with Gasteiger partial charge >= 0.3 is 5.97 Å². The molecule has 3 heteroatoms. The number of hydrogen-bond donors (Lipinski definition) is 1. The van der Waals surface area contributed by atoms with Crippen molar-refractivity contribution < 1.29 is 9.90 Å². The number of thiophene rings is 1. The van der Waals surface area contributed by atoms with E-state index in [1.807, 2.05) is 17.5 Å². The molecule has 0 saturated carbocycles. The molecule has 1 aromatic rings. The Morgan fingerprint density at radius 3 is 2.60 bits per heavy atom. The summed E-state index contributed by atoms with van der Waals surface area (Å²) in [5.41, 5.74) is 0.961. The van der Waals surface area contributed by atoms with Gasteiger partial charge in [0.25, 0.3) is 0 Å². The molecular weight excluding hydrogens is 208 g/mol. The quantitative estimate of drug-likeness (QED) is 0.775. The Morgan fingerprint density at radius 2 is 2.20 bits per heavy atom. The van der Waals surface area contributed by atoms with E-state index in [0.29, 0.717) is 5.92 Å². The van der Waals surface area contributed by atoms with Crippen LogP contribution in [-0.2, 0) is 4.79 Å². The Morgan fingerprint density at radius 1 is 1.53 bits per heavy atom. The third-order valence-corrected chi connectivity index (χ3v) is 3.43. The van der Waals surface area contributed by atoms with Crippen LogP contribution in [0.3, 0.4) is 0 Å². The second-order valence-corrected chi connectivity index (χ2v) is 4.38. The van der Waals surface area contributed by atoms with Gasteiger partial charge in [0.2, 0.25) is 0 Å². The zero-order valence-corrected chi connectivity index (χ0v) is 9.88. The molecule has 0 bridgehead atoms. The smallest absolute Gasteiger partial charge is 0.328 e. The zero-order chi connectivity index (χ0) is 11.3. The van der Waals surface area contributed by atoms with Gasteiger partial charge in [0.15, 0.2) is 0 Å². The highest BCUT2D eigenvalue weighted by molar-refractivity contribution is 7.11. The van der Waals surface area contributed by atoms with Crippen molar-refractivity contribution in [1.29, 1.82) is 0 Å². The van der Waals surface area contributed by atoms with Crippen molar-refractivity contribution in [2.24, 2.45) is 5.92 Å². The van der Waals surface area contributed by atoms with Crippen molar-refractivity contribution >= 4 is 22.9 Å². The van der Waals surface area contributed by atoms with E-state index >= 15 is 0 Å². The van der Waals surface area contributed by atoms with Crippen LogP contribution >= 0.6 is 11.3 Å². The van der Waals surface area contributed by atoms with Crippen molar-refractivity contribution in [2.75, 3.05) is 0 Å². The summed E-state index contributed by atoms with van der Waals surface area (Å²) in [7, 11) is 0. The van der Waals surface area contributed by atoms with E-state index in [-0.39, 0.29) is 0 Å². The van der Waals surface area contributed by atoms with E-state index in [4.69, 9.17) is 5.11 Å². The molecule has 2 nitrogen and oxygen atoms in total. The molecule has 0 unspecified atom stereocenters. The normalized spacial score (nSPS) is 12.1. The average Bonchev–Trinajstić information content (AvgIpc) is 2.70. The first-order chi connectivity index (χ1) is 7.19. The number of hydrogen-bond acceptors (Lipinski definition) is 2. The molecule has 0 aliphatic heterocycles. The predicted molar refractivity (Wildman–Crippen MR) is 64.0 cm³/mol. The van der Waals surface area contributed by atoms with Crippen LogP contribution in [0.4, 0.5) is 0 Å². The van der Waals surface area contributed by atoms with Crippen LogP contribution < -0.4 is 0 Å². The third kappa shape index (κ3) is 3.20. The minimum atomic E-state index is -0.856. The molecule has 0 saturated heterocycles. The average molecular weight is 224 g/mol. The van der Waals surface area contributed by atoms with Gasteiger partial charge in [-0.05, 0) is 35.8 Å². The van der Waals surface area contributed by atoms with Crippen molar-refractivity contribution in [3.63, 3.8) is 0 Å². The van der Waals surface area contributed by atoms with E-state index in [2.05, 4.69) is 13.8 Å². The molecule has 0 radical (unpaired) electrons. The molecule has 1 aromatic heterocycles. The molecule has 1 N–H and O–H groups in total. The Labute approximate surface area is 94.3 Å². The van der Waals surface area contributed by atoms with Gasteiger partial charge in [-0.1, -0.05) is 19.9 Å². The fraction of sp³-hybridized carbons (Fsp3) is 0.417. The fourth-order valence-corrected chi connectivity index (χ4v) is 2.52. The Kier molecular flexibility index (Phi) is 4.56. The van der Waals surface area contributed by atoms with Crippen molar-refractivity contribution in [3.05, 3.63) is 28.5 Å². The van der Waals surface area contributed by atoms with Gasteiger partial charge in [-0.25, -0.2) is 4.79 Å². The second kappa shape index (κ2) is 5.71. The van der Waals surface area contributed by atoms with E-state index < -0.39 is 5.97 Å². The summed E-state index contributed by atoms with van der Waals surface area (Å²) >= 11 is 1.60. The number of aliphatic carboxylic acids is 1. The summed E-state index contributed by atoms with van der Waals surface area (Å²) < 4.78 is 0. The lowest BCUT2D eigenvalue weighted by Gasteiger charge is -2.15. The van der Waals surface area contributed by atoms with E-state index in [1.165, 1.54) is 6.08 Å². The van der Waals surface area contributed by atoms with Gasteiger partial charge < -0.3 is 5.11 Å². The van der Waals surface area contributed by atoms with Crippen LogP contribution in [0.25, 0.3) is 5.57 Å². The van der Waals surface area contributed by atoms with Crippen LogP contribution in [0.1, 0.15) is 31.6 Å². The lowest BCUT2D eigenvalue weighted by molar-refractivity contribution is -0.131. The highest BCUT2D eigenvalue weighted by atomic mass is 32.1. The summed E-state index contributed by atoms with van der Waals surface area (Å²) in [5.74, 6) is -0.509. The third-order valence-electron chi connectivity index (χ3n) is 2.51. The lowest BCUT2D eigenvalue weighted by atomic mass is 9.92. The molecule has 0 aliphatic rings. The molecule has 82 valence electrons. The lowest BCUT2D eigenvalue weighted by Crippen LogP contribution is -2.02. The number of allylic oxidation sites excluding steroid dienone is 1. The van der Waals surface area contributed by atoms with Gasteiger partial charge in [-0.3, -0.25) is 0 Å². The summed E-state index contributed by atoms with van der Waals surface area (Å²) in [4.78, 5) is 11.8. The molecule has 15 heavy (non-hydrogen) atoms. The Bertz CT molecular complexity index is 335. The summed E-state index contributed by atoms with van der Waals surface area (Å²) in [5, 5.41) is 10.8. The standard InChI is InChI=1S/C12H16O2S/c1-3-9(4-2)10(8-12(13)14)11-6-5-7-15-11/h5-9H,3-4H2,1-2H3,(H,13,14)/b10-8+. The molecular formula is C12H16O2S. The maximum absolute atomic E-state index is 10.8. The molecule has 0 atom stereocenters. The minimum absolute atomic E-state index is 0.347. The van der Waals surface area contributed by atoms with Gasteiger partial charge in [0.05, 0.1) is 0 Å². The number of carboxylic acid groups (broad SMARTS) is 1. The monoisotopic (exact) mass is 224 g/mol. The van der Waals surface area contributed by atoms with Gasteiger partial charge in [0.1, 0.15) is 0 Å². The van der Waals surface area contributed by atoms with Crippen LogP contribution in [0.5, 0.6) is 0 Å². The largest absolute Gasteiger partial charge is 0.478 e. The number of carbonyl (C=O) groups is 1. The predicted octanol–water partition coefficient (Wildman–Crippen LogP) is 3.65. The van der Waals surface area contributed by atoms with E-state index in [0.717, 1.165) is 23.3 Å². The Hall–Kier alpha value is -1.09. The second-order valence-electron chi connectivity index (χ2n) is 3.43. The van der Waals surface area contributed by atoms with Gasteiger partial charge in [-0.15, -0.1) is 11.3 Å². The molecule has 0 fully saturated rings. The first-order valence-corrected chi connectivity index (χ1v) is 6.05. The highest BCUT2D eigenvalue weighted by Crippen LogP contribution is 2.31. The van der Waals surface area contributed by atoms with E-state index in [9.17, 15) is 4.79 Å². The topological polar surface area (TPSA) is 37.3 Å². The molecule has 1 rings (SSSR count). The SMILES string of the molecule is CCC(CC)/C(=C\C(=O)O)c1cccs1. The zero-order valence-electron chi connectivity index (χ0n) is 9.06. The van der Waals surface area contributed by atoms with E-state index in [1.54, 1.807) is 11.3 Å². The summed E-state index contributed by atoms with van der Waals surface area (Å²) in [6, 6.07) is 3.94. The molecule has 1 heterocycles. The summed E-state index contributed by atoms with van der Waals surface area (Å²) in [6.45, 7) is 4.19. The fourth-order valence-electron chi connectivity index (χ4n) is 1.69. The first kappa shape index (κ1) is 12.0. The molecule has 0 spiro atoms. The highest BCUT2D eigenvalue weighted by Gasteiger charge is 2.14. The van der Waals surface area contributed by atoms with Crippen LogP contribution in [-0.4, -0.2) is 11.1 Å². The number of carboxylic acids is 1. The van der Waals surface area contributed by atoms with Crippen LogP contribution in [0.15, 0.2) is 23.6 Å². The van der Waals surface area contributed by atoms with Gasteiger partial charge in [-0.2, -0.15) is 0 Å². The number of rotatable bonds is 5. The van der Waals surface area contributed by atoms with Crippen LogP contribution in [0, 0.1) is 5.92 Å². The Balaban J connectivity index is 3.03. The van der Waals surface area contributed by atoms with Crippen molar-refractivity contribution in [1.82, 2.24) is 0 Å². The maximum atomic E-state index is 10.8. The van der Waals surface area contributed by atoms with Crippen molar-refractivity contribution in [2.45, 2.75) is 26.7 Å². The molecule has 0 aromatic carbocycles. The minimum Gasteiger partial charge on any atom is -0.478 e. The van der Waals surface area contributed by atoms with Crippen LogP contribution in [0.2, 0.25) is 0 Å². The molecule has 0 aliphatic carbocycles. The van der Waals surface area contributed by atoms with Crippen molar-refractivity contribution in [3.8, 4) is 0 Å². The maximum Gasteiger partial charge on any atom is 0.328 e.